The molecule has 5 nitrogen and oxygen atoms in total. The van der Waals surface area contributed by atoms with Crippen LogP contribution in [-0.2, 0) is 19.1 Å². The van der Waals surface area contributed by atoms with E-state index in [0.29, 0.717) is 5.92 Å². The van der Waals surface area contributed by atoms with Crippen molar-refractivity contribution in [2.24, 2.45) is 17.8 Å². The molecule has 0 heterocycles. The van der Waals surface area contributed by atoms with Gasteiger partial charge in [0.15, 0.2) is 5.76 Å². The molecule has 0 fully saturated rings. The minimum Gasteiger partial charge on any atom is -0.504 e. The molecule has 0 spiro atoms. The Bertz CT molecular complexity index is 741. The fraction of sp³-hybridized carbons (Fsp3) is 0.714. The Morgan fingerprint density at radius 3 is 1.82 bits per heavy atom. The normalized spacial score (nSPS) is 17.2. The lowest BCUT2D eigenvalue weighted by Gasteiger charge is -2.18. The van der Waals surface area contributed by atoms with Gasteiger partial charge in [0.1, 0.15) is 0 Å². The van der Waals surface area contributed by atoms with Crippen LogP contribution in [-0.4, -0.2) is 30.9 Å². The molecule has 0 aromatic carbocycles. The molecule has 2 unspecified atom stereocenters. The fourth-order valence-corrected chi connectivity index (χ4v) is 4.34. The first kappa shape index (κ1) is 29.0. The highest BCUT2D eigenvalue weighted by molar-refractivity contribution is 6.22. The molecule has 0 radical (unpaired) electrons. The summed E-state index contributed by atoms with van der Waals surface area (Å²) in [6.07, 6.45) is 13.3. The second-order valence-corrected chi connectivity index (χ2v) is 10.2. The largest absolute Gasteiger partial charge is 0.504 e. The molecular weight excluding hydrogens is 416 g/mol. The first-order chi connectivity index (χ1) is 15.6. The first-order valence-corrected chi connectivity index (χ1v) is 12.6. The molecule has 1 aliphatic rings. The van der Waals surface area contributed by atoms with E-state index in [-0.39, 0.29) is 23.5 Å². The van der Waals surface area contributed by atoms with Crippen LogP contribution in [0.15, 0.2) is 34.5 Å². The second-order valence-electron chi connectivity index (χ2n) is 10.2. The fourth-order valence-electron chi connectivity index (χ4n) is 4.34. The number of methoxy groups -OCH3 is 2. The molecule has 33 heavy (non-hydrogen) atoms. The highest BCUT2D eigenvalue weighted by Gasteiger charge is 2.36. The van der Waals surface area contributed by atoms with E-state index in [0.717, 1.165) is 30.3 Å². The van der Waals surface area contributed by atoms with Crippen LogP contribution in [0.3, 0.4) is 0 Å². The van der Waals surface area contributed by atoms with Gasteiger partial charge in [-0.25, -0.2) is 0 Å². The maximum Gasteiger partial charge on any atom is 0.266 e. The van der Waals surface area contributed by atoms with Crippen LogP contribution >= 0.6 is 0 Å². The van der Waals surface area contributed by atoms with Crippen LogP contribution in [0.5, 0.6) is 0 Å². The minimum absolute atomic E-state index is 0.0629. The van der Waals surface area contributed by atoms with E-state index in [2.05, 4.69) is 27.7 Å². The van der Waals surface area contributed by atoms with Crippen molar-refractivity contribution in [3.05, 3.63) is 34.5 Å². The molecule has 2 atom stereocenters. The van der Waals surface area contributed by atoms with Gasteiger partial charge in [0, 0.05) is 0 Å². The third-order valence-electron chi connectivity index (χ3n) is 6.60. The van der Waals surface area contributed by atoms with Crippen molar-refractivity contribution in [3.63, 3.8) is 0 Å². The highest BCUT2D eigenvalue weighted by atomic mass is 16.5. The summed E-state index contributed by atoms with van der Waals surface area (Å²) in [5.74, 6) is 0.203. The summed E-state index contributed by atoms with van der Waals surface area (Å²) in [6, 6.07) is 0. The summed E-state index contributed by atoms with van der Waals surface area (Å²) in [5.41, 5.74) is 1.22. The monoisotopic (exact) mass is 462 g/mol. The predicted molar refractivity (Wildman–Crippen MR) is 134 cm³/mol. The van der Waals surface area contributed by atoms with Gasteiger partial charge >= 0.3 is 0 Å². The van der Waals surface area contributed by atoms with Crippen LogP contribution in [0.1, 0.15) is 98.8 Å². The number of rotatable bonds is 16. The maximum atomic E-state index is 12.6. The van der Waals surface area contributed by atoms with Crippen LogP contribution in [0, 0.1) is 17.8 Å². The average molecular weight is 463 g/mol. The van der Waals surface area contributed by atoms with Crippen molar-refractivity contribution < 1.29 is 24.2 Å². The number of aliphatic hydroxyl groups is 1. The summed E-state index contributed by atoms with van der Waals surface area (Å²) < 4.78 is 9.99. The topological polar surface area (TPSA) is 72.8 Å². The third-order valence-corrected chi connectivity index (χ3v) is 6.60. The molecule has 0 saturated carbocycles. The van der Waals surface area contributed by atoms with Gasteiger partial charge in [0.25, 0.3) is 5.78 Å². The number of carbonyl (C=O) groups excluding carboxylic acids is 2. The Hall–Kier alpha value is -2.04. The van der Waals surface area contributed by atoms with Gasteiger partial charge in [-0.15, -0.1) is 0 Å². The third kappa shape index (κ3) is 9.77. The zero-order valence-electron chi connectivity index (χ0n) is 22.0. The van der Waals surface area contributed by atoms with Gasteiger partial charge in [0.05, 0.1) is 19.8 Å². The lowest BCUT2D eigenvalue weighted by molar-refractivity contribution is -0.123. The highest BCUT2D eigenvalue weighted by Crippen LogP contribution is 2.27. The summed E-state index contributed by atoms with van der Waals surface area (Å²) in [6.45, 7) is 11.4. The van der Waals surface area contributed by atoms with Crippen molar-refractivity contribution in [3.8, 4) is 0 Å². The van der Waals surface area contributed by atoms with E-state index in [9.17, 15) is 14.7 Å². The van der Waals surface area contributed by atoms with E-state index < -0.39 is 17.3 Å². The molecule has 188 valence electrons. The Kier molecular flexibility index (Phi) is 13.2. The van der Waals surface area contributed by atoms with Crippen LogP contribution in [0.4, 0.5) is 0 Å². The van der Waals surface area contributed by atoms with Gasteiger partial charge in [-0.2, -0.15) is 0 Å². The Morgan fingerprint density at radius 1 is 0.818 bits per heavy atom. The van der Waals surface area contributed by atoms with Crippen molar-refractivity contribution in [1.82, 2.24) is 0 Å². The Labute approximate surface area is 201 Å². The molecule has 0 aliphatic heterocycles. The summed E-state index contributed by atoms with van der Waals surface area (Å²) >= 11 is 0. The van der Waals surface area contributed by atoms with E-state index >= 15 is 0 Å². The standard InChI is InChI=1S/C28H46O5/c1-19(2)11-8-12-20(3)13-9-14-21(4)15-10-16-22(5)17-18-23-24(29)26(31)28(33-7)27(32-6)25(23)30/h17,19-21,29H,8-16,18H2,1-7H3. The molecule has 0 aromatic rings. The number of allylic oxidation sites excluding steroid dienone is 3. The molecule has 0 aromatic heterocycles. The zero-order chi connectivity index (χ0) is 25.0. The quantitative estimate of drug-likeness (QED) is 0.193. The number of hydrogen-bond acceptors (Lipinski definition) is 5. The van der Waals surface area contributed by atoms with E-state index in [4.69, 9.17) is 9.47 Å². The average Bonchev–Trinajstić information content (AvgIpc) is 2.75. The van der Waals surface area contributed by atoms with Crippen molar-refractivity contribution >= 4 is 11.6 Å². The number of hydrogen-bond donors (Lipinski definition) is 1. The molecular formula is C28H46O5. The summed E-state index contributed by atoms with van der Waals surface area (Å²) in [5, 5.41) is 10.2. The number of ketones is 2. The SMILES string of the molecule is COC1=C(OC)C(=O)C(CC=C(C)CCCC(C)CCCC(C)CCCC(C)C)=C(O)C1=O. The first-order valence-electron chi connectivity index (χ1n) is 12.6. The van der Waals surface area contributed by atoms with E-state index in [1.165, 1.54) is 59.2 Å². The van der Waals surface area contributed by atoms with Crippen molar-refractivity contribution in [1.29, 1.82) is 0 Å². The van der Waals surface area contributed by atoms with E-state index in [1.807, 2.05) is 13.0 Å². The number of aliphatic hydroxyl groups excluding tert-OH is 1. The minimum atomic E-state index is -0.710. The van der Waals surface area contributed by atoms with E-state index in [1.54, 1.807) is 0 Å². The smallest absolute Gasteiger partial charge is 0.266 e. The predicted octanol–water partition coefficient (Wildman–Crippen LogP) is 7.23. The van der Waals surface area contributed by atoms with Gasteiger partial charge < -0.3 is 14.6 Å². The number of carbonyl (C=O) groups is 2. The van der Waals surface area contributed by atoms with Crippen molar-refractivity contribution in [2.75, 3.05) is 14.2 Å². The molecule has 1 rings (SSSR count). The van der Waals surface area contributed by atoms with Gasteiger partial charge in [-0.05, 0) is 43.9 Å². The second kappa shape index (κ2) is 15.0. The van der Waals surface area contributed by atoms with Gasteiger partial charge in [-0.3, -0.25) is 9.59 Å². The molecule has 0 bridgehead atoms. The van der Waals surface area contributed by atoms with Gasteiger partial charge in [0.2, 0.25) is 17.3 Å². The summed E-state index contributed by atoms with van der Waals surface area (Å²) in [7, 11) is 2.59. The molecule has 1 N–H and O–H groups in total. The maximum absolute atomic E-state index is 12.6. The van der Waals surface area contributed by atoms with Crippen molar-refractivity contribution in [2.45, 2.75) is 98.8 Å². The summed E-state index contributed by atoms with van der Waals surface area (Å²) in [4.78, 5) is 24.8. The van der Waals surface area contributed by atoms with Crippen LogP contribution in [0.25, 0.3) is 0 Å². The number of Topliss-reactive ketones (excluding diaryl/α,β-unsaturated/α-hetero) is 2. The lowest BCUT2D eigenvalue weighted by Crippen LogP contribution is -2.25. The molecule has 1 aliphatic carbocycles. The van der Waals surface area contributed by atoms with Crippen LogP contribution in [0.2, 0.25) is 0 Å². The Balaban J connectivity index is 2.39. The molecule has 0 saturated heterocycles. The molecule has 5 heteroatoms. The van der Waals surface area contributed by atoms with Gasteiger partial charge in [-0.1, -0.05) is 84.3 Å². The molecule has 0 amide bonds. The Morgan fingerprint density at radius 2 is 1.30 bits per heavy atom. The van der Waals surface area contributed by atoms with Crippen LogP contribution < -0.4 is 0 Å². The lowest BCUT2D eigenvalue weighted by atomic mass is 9.91. The zero-order valence-corrected chi connectivity index (χ0v) is 22.0. The number of ether oxygens (including phenoxy) is 2.